The quantitative estimate of drug-likeness (QED) is 0.487. The smallest absolute Gasteiger partial charge is 0.419 e. The van der Waals surface area contributed by atoms with Gasteiger partial charge in [-0.15, -0.1) is 0 Å². The van der Waals surface area contributed by atoms with Crippen LogP contribution in [0.5, 0.6) is 0 Å². The predicted molar refractivity (Wildman–Crippen MR) is 45.9 cm³/mol. The molecule has 0 aliphatic carbocycles. The maximum absolute atomic E-state index is 10.9. The summed E-state index contributed by atoms with van der Waals surface area (Å²) in [5, 5.41) is 8.14. The molecule has 0 heterocycles. The zero-order valence-electron chi connectivity index (χ0n) is 7.68. The number of rotatable bonds is 6. The first-order valence-electron chi connectivity index (χ1n) is 3.47. The SMILES string of the molecule is COC(CNS(=O)(=O)NC(=O)O)OC. The maximum Gasteiger partial charge on any atom is 0.419 e. The Morgan fingerprint density at radius 2 is 1.93 bits per heavy atom. The zero-order chi connectivity index (χ0) is 11.2. The normalized spacial score (nSPS) is 11.6. The van der Waals surface area contributed by atoms with Crippen molar-refractivity contribution in [2.45, 2.75) is 6.29 Å². The summed E-state index contributed by atoms with van der Waals surface area (Å²) < 4.78 is 34.3. The predicted octanol–water partition coefficient (Wildman–Crippen LogP) is -1.29. The van der Waals surface area contributed by atoms with E-state index in [1.165, 1.54) is 18.9 Å². The highest BCUT2D eigenvalue weighted by Gasteiger charge is 2.15. The Hall–Kier alpha value is -0.900. The lowest BCUT2D eigenvalue weighted by Crippen LogP contribution is -2.43. The van der Waals surface area contributed by atoms with Crippen molar-refractivity contribution in [3.8, 4) is 0 Å². The number of amides is 1. The van der Waals surface area contributed by atoms with E-state index in [1.807, 2.05) is 4.72 Å². The summed E-state index contributed by atoms with van der Waals surface area (Å²) >= 11 is 0. The molecule has 0 aromatic heterocycles. The van der Waals surface area contributed by atoms with Gasteiger partial charge in [0, 0.05) is 14.2 Å². The molecule has 0 atom stereocenters. The molecule has 0 aromatic carbocycles. The van der Waals surface area contributed by atoms with Gasteiger partial charge in [-0.05, 0) is 0 Å². The molecule has 0 aliphatic rings. The van der Waals surface area contributed by atoms with E-state index in [0.29, 0.717) is 0 Å². The van der Waals surface area contributed by atoms with Crippen LogP contribution in [0.4, 0.5) is 4.79 Å². The maximum atomic E-state index is 10.9. The Balaban J connectivity index is 4.05. The summed E-state index contributed by atoms with van der Waals surface area (Å²) in [6.45, 7) is -0.185. The van der Waals surface area contributed by atoms with Crippen molar-refractivity contribution in [3.05, 3.63) is 0 Å². The molecule has 0 aromatic rings. The molecule has 0 spiro atoms. The first-order chi connectivity index (χ1) is 6.41. The molecular formula is C5H12N2O6S. The third-order valence-corrected chi connectivity index (χ3v) is 2.18. The molecule has 14 heavy (non-hydrogen) atoms. The molecule has 0 rings (SSSR count). The van der Waals surface area contributed by atoms with Gasteiger partial charge in [0.05, 0.1) is 6.54 Å². The summed E-state index contributed by atoms with van der Waals surface area (Å²) in [6, 6.07) is 0. The van der Waals surface area contributed by atoms with Gasteiger partial charge in [0.25, 0.3) is 0 Å². The summed E-state index contributed by atoms with van der Waals surface area (Å²) in [6.07, 6.45) is -2.43. The molecule has 0 bridgehead atoms. The molecule has 1 amide bonds. The van der Waals surface area contributed by atoms with Crippen molar-refractivity contribution in [2.75, 3.05) is 20.8 Å². The lowest BCUT2D eigenvalue weighted by molar-refractivity contribution is -0.0961. The van der Waals surface area contributed by atoms with Gasteiger partial charge in [0.2, 0.25) is 0 Å². The molecule has 3 N–H and O–H groups in total. The monoisotopic (exact) mass is 228 g/mol. The number of methoxy groups -OCH3 is 2. The van der Waals surface area contributed by atoms with Gasteiger partial charge in [0.15, 0.2) is 6.29 Å². The minimum absolute atomic E-state index is 0.185. The molecule has 9 heteroatoms. The van der Waals surface area contributed by atoms with Crippen LogP contribution in [-0.4, -0.2) is 46.7 Å². The first kappa shape index (κ1) is 13.1. The second-order valence-electron chi connectivity index (χ2n) is 2.16. The minimum Gasteiger partial charge on any atom is -0.464 e. The number of hydrogen-bond acceptors (Lipinski definition) is 5. The first-order valence-corrected chi connectivity index (χ1v) is 4.95. The van der Waals surface area contributed by atoms with Crippen LogP contribution in [0.3, 0.4) is 0 Å². The lowest BCUT2D eigenvalue weighted by Gasteiger charge is -2.13. The van der Waals surface area contributed by atoms with Crippen LogP contribution >= 0.6 is 0 Å². The van der Waals surface area contributed by atoms with Gasteiger partial charge in [0.1, 0.15) is 0 Å². The van der Waals surface area contributed by atoms with Crippen LogP contribution in [0.2, 0.25) is 0 Å². The van der Waals surface area contributed by atoms with Crippen molar-refractivity contribution < 1.29 is 27.8 Å². The van der Waals surface area contributed by atoms with Crippen LogP contribution in [-0.2, 0) is 19.7 Å². The van der Waals surface area contributed by atoms with Gasteiger partial charge in [-0.2, -0.15) is 13.1 Å². The van der Waals surface area contributed by atoms with E-state index in [2.05, 4.69) is 9.47 Å². The fourth-order valence-electron chi connectivity index (χ4n) is 0.592. The highest BCUT2D eigenvalue weighted by Crippen LogP contribution is 1.88. The third-order valence-electron chi connectivity index (χ3n) is 1.19. The van der Waals surface area contributed by atoms with Crippen molar-refractivity contribution in [2.24, 2.45) is 0 Å². The number of carbonyl (C=O) groups is 1. The van der Waals surface area contributed by atoms with Crippen molar-refractivity contribution in [3.63, 3.8) is 0 Å². The number of hydrogen-bond donors (Lipinski definition) is 3. The van der Waals surface area contributed by atoms with Crippen molar-refractivity contribution in [1.82, 2.24) is 9.44 Å². The number of nitrogens with one attached hydrogen (secondary N) is 2. The minimum atomic E-state index is -4.06. The van der Waals surface area contributed by atoms with E-state index in [4.69, 9.17) is 5.11 Å². The van der Waals surface area contributed by atoms with Gasteiger partial charge in [-0.3, -0.25) is 0 Å². The summed E-state index contributed by atoms with van der Waals surface area (Å²) in [5.41, 5.74) is 0. The zero-order valence-corrected chi connectivity index (χ0v) is 8.50. The Bertz CT molecular complexity index is 272. The molecule has 0 radical (unpaired) electrons. The van der Waals surface area contributed by atoms with Crippen LogP contribution in [0.25, 0.3) is 0 Å². The molecule has 0 unspecified atom stereocenters. The Morgan fingerprint density at radius 1 is 1.43 bits per heavy atom. The Morgan fingerprint density at radius 3 is 2.29 bits per heavy atom. The van der Waals surface area contributed by atoms with Crippen molar-refractivity contribution >= 4 is 16.3 Å². The number of carboxylic acid groups (broad SMARTS) is 1. The van der Waals surface area contributed by atoms with Crippen LogP contribution in [0, 0.1) is 0 Å². The summed E-state index contributed by atoms with van der Waals surface area (Å²) in [5.74, 6) is 0. The van der Waals surface area contributed by atoms with Crippen LogP contribution < -0.4 is 9.44 Å². The molecule has 8 nitrogen and oxygen atoms in total. The Labute approximate surface area is 81.4 Å². The second kappa shape index (κ2) is 5.75. The average molecular weight is 228 g/mol. The average Bonchev–Trinajstić information content (AvgIpc) is 2.03. The Kier molecular flexibility index (Phi) is 5.38. The summed E-state index contributed by atoms with van der Waals surface area (Å²) in [7, 11) is -1.40. The van der Waals surface area contributed by atoms with E-state index in [-0.39, 0.29) is 6.54 Å². The highest BCUT2D eigenvalue weighted by atomic mass is 32.2. The van der Waals surface area contributed by atoms with Gasteiger partial charge < -0.3 is 14.6 Å². The van der Waals surface area contributed by atoms with E-state index < -0.39 is 22.6 Å². The molecule has 0 saturated carbocycles. The fraction of sp³-hybridized carbons (Fsp3) is 0.800. The third kappa shape index (κ3) is 5.70. The standard InChI is InChI=1S/C5H12N2O6S/c1-12-4(13-2)3-6-14(10,11)7-5(8)9/h4,6-7H,3H2,1-2H3,(H,8,9). The van der Waals surface area contributed by atoms with Gasteiger partial charge in [-0.1, -0.05) is 0 Å². The topological polar surface area (TPSA) is 114 Å². The molecule has 0 saturated heterocycles. The van der Waals surface area contributed by atoms with E-state index in [1.54, 1.807) is 0 Å². The van der Waals surface area contributed by atoms with E-state index >= 15 is 0 Å². The van der Waals surface area contributed by atoms with Crippen LogP contribution in [0.15, 0.2) is 0 Å². The lowest BCUT2D eigenvalue weighted by atomic mass is 10.6. The van der Waals surface area contributed by atoms with Gasteiger partial charge >= 0.3 is 16.3 Å². The fourth-order valence-corrected chi connectivity index (χ4v) is 1.25. The molecule has 0 fully saturated rings. The number of ether oxygens (including phenoxy) is 2. The molecule has 0 aliphatic heterocycles. The second-order valence-corrected chi connectivity index (χ2v) is 3.66. The van der Waals surface area contributed by atoms with E-state index in [0.717, 1.165) is 0 Å². The summed E-state index contributed by atoms with van der Waals surface area (Å²) in [4.78, 5) is 10.0. The molecule has 84 valence electrons. The van der Waals surface area contributed by atoms with Crippen LogP contribution in [0.1, 0.15) is 0 Å². The molecular weight excluding hydrogens is 216 g/mol. The largest absolute Gasteiger partial charge is 0.464 e. The highest BCUT2D eigenvalue weighted by molar-refractivity contribution is 7.88. The van der Waals surface area contributed by atoms with Crippen molar-refractivity contribution in [1.29, 1.82) is 0 Å². The van der Waals surface area contributed by atoms with E-state index in [9.17, 15) is 13.2 Å². The van der Waals surface area contributed by atoms with Gasteiger partial charge in [-0.25, -0.2) is 9.52 Å².